The van der Waals surface area contributed by atoms with Crippen molar-refractivity contribution in [3.05, 3.63) is 255 Å². The second-order valence-electron chi connectivity index (χ2n) is 22.4. The van der Waals surface area contributed by atoms with Crippen LogP contribution in [0.3, 0.4) is 0 Å². The van der Waals surface area contributed by atoms with Gasteiger partial charge in [0.2, 0.25) is 0 Å². The third kappa shape index (κ3) is 17.8. The van der Waals surface area contributed by atoms with Crippen molar-refractivity contribution in [2.45, 2.75) is 29.8 Å². The van der Waals surface area contributed by atoms with Crippen molar-refractivity contribution >= 4 is 126 Å². The maximum atomic E-state index is 12.2. The molecule has 24 nitrogen and oxygen atoms in total. The van der Waals surface area contributed by atoms with Crippen molar-refractivity contribution in [3.8, 4) is 66.8 Å². The number of hydrogen-bond donors (Lipinski definition) is 0. The van der Waals surface area contributed by atoms with E-state index in [-0.39, 0.29) is 220 Å². The first-order valence-electron chi connectivity index (χ1n) is 29.8. The molecule has 107 heavy (non-hydrogen) atoms. The standard InChI is InChI=1S/3C24H16N2O6S2.4Na.Ru/c3*27-33(28,29)23-20(16-9-5-2-6-10-16)19-12-11-18-17(15-7-3-1-4-8-15)13-14-25-21(18)22(19)26-24(23)34(30,31)32;;;;;/h3*1-14H,(H,27,28,29)(H,30,31,32);;;;;/q;;;4*+1;+2/p-6. The van der Waals surface area contributed by atoms with Crippen LogP contribution >= 0.6 is 0 Å². The Labute approximate surface area is 714 Å². The first-order chi connectivity index (χ1) is 48.5. The Hall–Kier alpha value is -6.48. The van der Waals surface area contributed by atoms with E-state index in [1.807, 2.05) is 91.0 Å². The first-order valence-corrected chi connectivity index (χ1v) is 38.3. The van der Waals surface area contributed by atoms with E-state index in [4.69, 9.17) is 0 Å². The minimum absolute atomic E-state index is 0. The van der Waals surface area contributed by atoms with E-state index in [9.17, 15) is 77.8 Å². The van der Waals surface area contributed by atoms with Gasteiger partial charge in [-0.05, 0) is 68.3 Å². The van der Waals surface area contributed by atoms with E-state index in [0.717, 1.165) is 33.4 Å². The minimum atomic E-state index is -5.44. The third-order valence-corrected chi connectivity index (χ3v) is 21.7. The molecule has 0 bridgehead atoms. The summed E-state index contributed by atoms with van der Waals surface area (Å²) in [6, 6.07) is 66.9. The molecule has 0 radical (unpaired) electrons. The summed E-state index contributed by atoms with van der Waals surface area (Å²) in [5.74, 6) is 0. The van der Waals surface area contributed by atoms with Gasteiger partial charge in [0.05, 0.1) is 47.8 Å². The molecule has 15 aromatic rings. The first kappa shape index (κ1) is 86.1. The molecule has 0 aliphatic carbocycles. The number of aromatic nitrogens is 6. The summed E-state index contributed by atoms with van der Waals surface area (Å²) in [6.45, 7) is 0. The van der Waals surface area contributed by atoms with Gasteiger partial charge in [0.1, 0.15) is 60.7 Å². The fourth-order valence-corrected chi connectivity index (χ4v) is 17.8. The third-order valence-electron chi connectivity index (χ3n) is 16.3. The molecule has 0 spiro atoms. The molecule has 0 aliphatic heterocycles. The van der Waals surface area contributed by atoms with Crippen LogP contribution in [0.4, 0.5) is 0 Å². The second kappa shape index (κ2) is 34.4. The van der Waals surface area contributed by atoms with Crippen molar-refractivity contribution in [2.24, 2.45) is 0 Å². The molecule has 0 saturated heterocycles. The topological polar surface area (TPSA) is 421 Å². The summed E-state index contributed by atoms with van der Waals surface area (Å²) in [5, 5.41) is -1.65. The predicted octanol–water partition coefficient (Wildman–Crippen LogP) is -0.211. The van der Waals surface area contributed by atoms with Crippen LogP contribution in [0.5, 0.6) is 0 Å². The Kier molecular flexibility index (Phi) is 27.7. The van der Waals surface area contributed by atoms with Crippen LogP contribution in [0.1, 0.15) is 0 Å². The maximum Gasteiger partial charge on any atom is 2.00 e. The Morgan fingerprint density at radius 2 is 0.402 bits per heavy atom. The Bertz CT molecular complexity index is 6040. The molecule has 0 saturated carbocycles. The van der Waals surface area contributed by atoms with Crippen LogP contribution in [0.25, 0.3) is 132 Å². The van der Waals surface area contributed by atoms with E-state index in [0.29, 0.717) is 16.2 Å². The summed E-state index contributed by atoms with van der Waals surface area (Å²) >= 11 is 0. The zero-order valence-corrected chi connectivity index (χ0v) is 70.7. The van der Waals surface area contributed by atoms with Crippen molar-refractivity contribution < 1.29 is 216 Å². The fourth-order valence-electron chi connectivity index (χ4n) is 12.2. The largest absolute Gasteiger partial charge is 2.00 e. The van der Waals surface area contributed by atoms with Crippen molar-refractivity contribution in [1.82, 2.24) is 29.9 Å². The fraction of sp³-hybridized carbons (Fsp3) is 0. The van der Waals surface area contributed by atoms with Gasteiger partial charge in [-0.3, -0.25) is 15.0 Å². The van der Waals surface area contributed by atoms with E-state index < -0.39 is 90.5 Å². The van der Waals surface area contributed by atoms with Gasteiger partial charge < -0.3 is 27.3 Å². The monoisotopic (exact) mass is 1660 g/mol. The quantitative estimate of drug-likeness (QED) is 0.0867. The molecule has 35 heteroatoms. The van der Waals surface area contributed by atoms with Crippen LogP contribution in [0.2, 0.25) is 0 Å². The number of pyridine rings is 6. The van der Waals surface area contributed by atoms with E-state index in [2.05, 4.69) is 29.9 Å². The Morgan fingerprint density at radius 3 is 0.589 bits per heavy atom. The van der Waals surface area contributed by atoms with Gasteiger partial charge in [-0.2, -0.15) is 0 Å². The van der Waals surface area contributed by atoms with Gasteiger partial charge >= 0.3 is 138 Å². The van der Waals surface area contributed by atoms with Crippen LogP contribution in [0.15, 0.2) is 285 Å². The smallest absolute Gasteiger partial charge is 0.744 e. The molecule has 0 unspecified atom stereocenters. The van der Waals surface area contributed by atoms with E-state index in [1.54, 1.807) is 109 Å². The van der Waals surface area contributed by atoms with Crippen molar-refractivity contribution in [3.63, 3.8) is 0 Å². The number of benzene rings is 9. The molecule has 0 N–H and O–H groups in total. The molecule has 0 aliphatic rings. The van der Waals surface area contributed by atoms with Crippen LogP contribution < -0.4 is 118 Å². The molecular weight excluding hydrogens is 1620 g/mol. The molecule has 9 aromatic carbocycles. The zero-order valence-electron chi connectivity index (χ0n) is 56.1. The predicted molar refractivity (Wildman–Crippen MR) is 372 cm³/mol. The average Bonchev–Trinajstić information content (AvgIpc) is 0.736. The molecule has 0 atom stereocenters. The number of hydrogen-bond acceptors (Lipinski definition) is 24. The Morgan fingerprint density at radius 1 is 0.215 bits per heavy atom. The molecular formula is C72H42N6Na4O18RuS6. The van der Waals surface area contributed by atoms with Gasteiger partial charge in [0.15, 0.2) is 15.1 Å². The normalized spacial score (nSPS) is 11.7. The van der Waals surface area contributed by atoms with Crippen molar-refractivity contribution in [1.29, 1.82) is 0 Å². The average molecular weight is 1660 g/mol. The minimum Gasteiger partial charge on any atom is -0.744 e. The van der Waals surface area contributed by atoms with Gasteiger partial charge in [0.25, 0.3) is 0 Å². The number of rotatable bonds is 12. The summed E-state index contributed by atoms with van der Waals surface area (Å²) in [7, 11) is -32.5. The second-order valence-corrected chi connectivity index (χ2v) is 30.3. The van der Waals surface area contributed by atoms with Gasteiger partial charge in [-0.25, -0.2) is 65.5 Å². The summed E-state index contributed by atoms with van der Waals surface area (Å²) in [4.78, 5) is 21.3. The molecule has 15 rings (SSSR count). The number of nitrogens with zero attached hydrogens (tertiary/aromatic N) is 6. The van der Waals surface area contributed by atoms with Gasteiger partial charge in [0, 0.05) is 67.6 Å². The summed E-state index contributed by atoms with van der Waals surface area (Å²) in [5.41, 5.74) is 5.83. The van der Waals surface area contributed by atoms with Crippen LogP contribution in [-0.4, -0.2) is 108 Å². The summed E-state index contributed by atoms with van der Waals surface area (Å²) < 4.78 is 219. The van der Waals surface area contributed by atoms with Crippen LogP contribution in [-0.2, 0) is 80.2 Å². The van der Waals surface area contributed by atoms with Crippen molar-refractivity contribution in [2.75, 3.05) is 0 Å². The SMILES string of the molecule is O=S(=O)([O-])c1nc2c(ccc3c(-c4ccccc4)ccnc32)c(-c2ccccc2)c1S(=O)(=O)[O-].O=S(=O)([O-])c1nc2c(ccc3c(-c4ccccc4)ccnc32)c(-c2ccccc2)c1S(=O)(=O)[O-].O=S(=O)([O-])c1nc2c(ccc3c(-c4ccccc4)ccnc32)c(-c2ccccc2)c1S(=O)(=O)[O-].[Na+].[Na+].[Na+].[Na+].[Ru+2]. The maximum absolute atomic E-state index is 12.2. The molecule has 6 heterocycles. The van der Waals surface area contributed by atoms with Gasteiger partial charge in [-0.15, -0.1) is 0 Å². The number of fused-ring (bicyclic) bond motifs is 9. The molecule has 0 amide bonds. The Balaban J connectivity index is 0.000000198. The van der Waals surface area contributed by atoms with E-state index in [1.165, 1.54) is 55.0 Å². The molecule has 516 valence electrons. The molecule has 0 fully saturated rings. The summed E-state index contributed by atoms with van der Waals surface area (Å²) in [6.07, 6.45) is 4.53. The van der Waals surface area contributed by atoms with Crippen LogP contribution in [0, 0.1) is 0 Å². The van der Waals surface area contributed by atoms with Gasteiger partial charge in [-0.1, -0.05) is 218 Å². The van der Waals surface area contributed by atoms with E-state index >= 15 is 0 Å². The zero-order chi connectivity index (χ0) is 72.3. The molecule has 6 aromatic heterocycles.